The van der Waals surface area contributed by atoms with E-state index in [0.717, 1.165) is 22.4 Å². The molecule has 2 heterocycles. The number of hydrogen-bond donors (Lipinski definition) is 1. The summed E-state index contributed by atoms with van der Waals surface area (Å²) in [7, 11) is 0. The van der Waals surface area contributed by atoms with Crippen LogP contribution in [0.5, 0.6) is 0 Å². The van der Waals surface area contributed by atoms with E-state index < -0.39 is 6.04 Å². The molecule has 1 atom stereocenters. The molecular formula is C26H30N4O2. The second-order valence-electron chi connectivity index (χ2n) is 8.78. The number of hydrogen-bond acceptors (Lipinski definition) is 3. The molecule has 0 saturated heterocycles. The van der Waals surface area contributed by atoms with E-state index in [1.807, 2.05) is 79.5 Å². The number of amides is 2. The van der Waals surface area contributed by atoms with E-state index in [4.69, 9.17) is 0 Å². The topological polar surface area (TPSA) is 67.2 Å². The Bertz CT molecular complexity index is 1070. The molecule has 1 aliphatic rings. The van der Waals surface area contributed by atoms with Crippen molar-refractivity contribution in [1.29, 1.82) is 0 Å². The molecule has 0 saturated carbocycles. The van der Waals surface area contributed by atoms with Crippen molar-refractivity contribution in [2.45, 2.75) is 45.7 Å². The lowest BCUT2D eigenvalue weighted by Gasteiger charge is -2.36. The van der Waals surface area contributed by atoms with Crippen LogP contribution in [0.1, 0.15) is 37.0 Å². The molecule has 0 bridgehead atoms. The molecular weight excluding hydrogens is 400 g/mol. The first-order chi connectivity index (χ1) is 15.5. The predicted octanol–water partition coefficient (Wildman–Crippen LogP) is 3.53. The SMILES string of the molecule is CC(C)CC(=O)N1Cc2ccccc2CC1C(=O)NCCc1cnn(-c2ccccc2)c1. The number of rotatable bonds is 7. The van der Waals surface area contributed by atoms with Gasteiger partial charge in [0, 0.05) is 32.1 Å². The van der Waals surface area contributed by atoms with Gasteiger partial charge in [-0.2, -0.15) is 5.10 Å². The summed E-state index contributed by atoms with van der Waals surface area (Å²) in [5.74, 6) is 0.204. The lowest BCUT2D eigenvalue weighted by molar-refractivity contribution is -0.142. The zero-order valence-corrected chi connectivity index (χ0v) is 18.7. The third kappa shape index (κ3) is 5.07. The van der Waals surface area contributed by atoms with E-state index in [1.54, 1.807) is 4.90 Å². The van der Waals surface area contributed by atoms with Gasteiger partial charge >= 0.3 is 0 Å². The Hall–Kier alpha value is -3.41. The van der Waals surface area contributed by atoms with Gasteiger partial charge in [0.05, 0.1) is 11.9 Å². The highest BCUT2D eigenvalue weighted by atomic mass is 16.2. The number of fused-ring (bicyclic) bond motifs is 1. The van der Waals surface area contributed by atoms with Crippen molar-refractivity contribution < 1.29 is 9.59 Å². The first kappa shape index (κ1) is 21.8. The van der Waals surface area contributed by atoms with Crippen LogP contribution in [0.25, 0.3) is 5.69 Å². The average molecular weight is 431 g/mol. The largest absolute Gasteiger partial charge is 0.354 e. The molecule has 0 radical (unpaired) electrons. The number of para-hydroxylation sites is 1. The van der Waals surface area contributed by atoms with Crippen molar-refractivity contribution >= 4 is 11.8 Å². The highest BCUT2D eigenvalue weighted by Crippen LogP contribution is 2.25. The van der Waals surface area contributed by atoms with Crippen molar-refractivity contribution in [3.05, 3.63) is 83.7 Å². The molecule has 2 amide bonds. The first-order valence-corrected chi connectivity index (χ1v) is 11.2. The number of nitrogens with one attached hydrogen (secondary N) is 1. The summed E-state index contributed by atoms with van der Waals surface area (Å²) >= 11 is 0. The van der Waals surface area contributed by atoms with Crippen LogP contribution in [0.15, 0.2) is 67.0 Å². The minimum atomic E-state index is -0.469. The van der Waals surface area contributed by atoms with Gasteiger partial charge in [-0.3, -0.25) is 9.59 Å². The van der Waals surface area contributed by atoms with Crippen molar-refractivity contribution in [2.75, 3.05) is 6.54 Å². The maximum atomic E-state index is 13.1. The summed E-state index contributed by atoms with van der Waals surface area (Å²) in [5, 5.41) is 7.46. The summed E-state index contributed by atoms with van der Waals surface area (Å²) in [5.41, 5.74) is 4.33. The summed E-state index contributed by atoms with van der Waals surface area (Å²) < 4.78 is 1.83. The normalized spacial score (nSPS) is 15.5. The Labute approximate surface area is 189 Å². The number of aromatic nitrogens is 2. The highest BCUT2D eigenvalue weighted by molar-refractivity contribution is 5.88. The lowest BCUT2D eigenvalue weighted by atomic mass is 9.92. The van der Waals surface area contributed by atoms with E-state index in [2.05, 4.69) is 16.5 Å². The second-order valence-corrected chi connectivity index (χ2v) is 8.78. The maximum absolute atomic E-state index is 13.1. The van der Waals surface area contributed by atoms with Gasteiger partial charge in [0.2, 0.25) is 11.8 Å². The molecule has 4 rings (SSSR count). The maximum Gasteiger partial charge on any atom is 0.243 e. The minimum Gasteiger partial charge on any atom is -0.354 e. The first-order valence-electron chi connectivity index (χ1n) is 11.2. The van der Waals surface area contributed by atoms with Crippen LogP contribution in [0, 0.1) is 5.92 Å². The summed E-state index contributed by atoms with van der Waals surface area (Å²) in [6, 6.07) is 17.5. The Kier molecular flexibility index (Phi) is 6.69. The van der Waals surface area contributed by atoms with Crippen LogP contribution >= 0.6 is 0 Å². The quantitative estimate of drug-likeness (QED) is 0.624. The molecule has 3 aromatic rings. The van der Waals surface area contributed by atoms with E-state index in [9.17, 15) is 9.59 Å². The van der Waals surface area contributed by atoms with Gasteiger partial charge in [0.1, 0.15) is 6.04 Å². The highest BCUT2D eigenvalue weighted by Gasteiger charge is 2.34. The van der Waals surface area contributed by atoms with Crippen LogP contribution in [0.2, 0.25) is 0 Å². The van der Waals surface area contributed by atoms with Crippen LogP contribution in [-0.2, 0) is 29.0 Å². The number of nitrogens with zero attached hydrogens (tertiary/aromatic N) is 3. The number of carbonyl (C=O) groups is 2. The smallest absolute Gasteiger partial charge is 0.243 e. The standard InChI is InChI=1S/C26H30N4O2/c1-19(2)14-25(31)29-18-22-9-7-6-8-21(22)15-24(29)26(32)27-13-12-20-16-28-30(17-20)23-10-4-3-5-11-23/h3-11,16-17,19,24H,12-15,18H2,1-2H3,(H,27,32). The second kappa shape index (κ2) is 9.81. The Morgan fingerprint density at radius 1 is 1.06 bits per heavy atom. The summed E-state index contributed by atoms with van der Waals surface area (Å²) in [6.45, 7) is 5.05. The monoisotopic (exact) mass is 430 g/mol. The summed E-state index contributed by atoms with van der Waals surface area (Å²) in [6.07, 6.45) is 5.50. The Morgan fingerprint density at radius 3 is 2.53 bits per heavy atom. The van der Waals surface area contributed by atoms with Crippen LogP contribution in [-0.4, -0.2) is 39.1 Å². The predicted molar refractivity (Wildman–Crippen MR) is 124 cm³/mol. The number of carbonyl (C=O) groups excluding carboxylic acids is 2. The van der Waals surface area contributed by atoms with Crippen LogP contribution in [0.4, 0.5) is 0 Å². The van der Waals surface area contributed by atoms with E-state index >= 15 is 0 Å². The molecule has 166 valence electrons. The third-order valence-electron chi connectivity index (χ3n) is 5.82. The molecule has 1 N–H and O–H groups in total. The molecule has 0 aliphatic carbocycles. The fourth-order valence-corrected chi connectivity index (χ4v) is 4.14. The van der Waals surface area contributed by atoms with Crippen molar-refractivity contribution in [2.24, 2.45) is 5.92 Å². The Morgan fingerprint density at radius 2 is 1.78 bits per heavy atom. The molecule has 6 nitrogen and oxygen atoms in total. The van der Waals surface area contributed by atoms with Crippen molar-refractivity contribution in [3.63, 3.8) is 0 Å². The van der Waals surface area contributed by atoms with Gasteiger partial charge in [-0.25, -0.2) is 4.68 Å². The molecule has 32 heavy (non-hydrogen) atoms. The van der Waals surface area contributed by atoms with Gasteiger partial charge in [0.25, 0.3) is 0 Å². The van der Waals surface area contributed by atoms with Crippen molar-refractivity contribution in [3.8, 4) is 5.69 Å². The zero-order chi connectivity index (χ0) is 22.5. The van der Waals surface area contributed by atoms with E-state index in [1.165, 1.54) is 0 Å². The van der Waals surface area contributed by atoms with Crippen LogP contribution < -0.4 is 5.32 Å². The fourth-order valence-electron chi connectivity index (χ4n) is 4.14. The van der Waals surface area contributed by atoms with Crippen molar-refractivity contribution in [1.82, 2.24) is 20.0 Å². The zero-order valence-electron chi connectivity index (χ0n) is 18.7. The summed E-state index contributed by atoms with van der Waals surface area (Å²) in [4.78, 5) is 27.8. The molecule has 6 heteroatoms. The van der Waals surface area contributed by atoms with Gasteiger partial charge < -0.3 is 10.2 Å². The lowest BCUT2D eigenvalue weighted by Crippen LogP contribution is -2.53. The van der Waals surface area contributed by atoms with Gasteiger partial charge in [0.15, 0.2) is 0 Å². The van der Waals surface area contributed by atoms with Gasteiger partial charge in [-0.1, -0.05) is 56.3 Å². The molecule has 1 aromatic heterocycles. The van der Waals surface area contributed by atoms with E-state index in [0.29, 0.717) is 32.4 Å². The molecule has 2 aromatic carbocycles. The van der Waals surface area contributed by atoms with Gasteiger partial charge in [-0.05, 0) is 41.2 Å². The van der Waals surface area contributed by atoms with E-state index in [-0.39, 0.29) is 17.7 Å². The average Bonchev–Trinajstić information content (AvgIpc) is 3.27. The molecule has 0 spiro atoms. The molecule has 1 unspecified atom stereocenters. The minimum absolute atomic E-state index is 0.0405. The molecule has 1 aliphatic heterocycles. The molecule has 0 fully saturated rings. The fraction of sp³-hybridized carbons (Fsp3) is 0.346. The van der Waals surface area contributed by atoms with Crippen LogP contribution in [0.3, 0.4) is 0 Å². The Balaban J connectivity index is 1.39. The van der Waals surface area contributed by atoms with Gasteiger partial charge in [-0.15, -0.1) is 0 Å². The third-order valence-corrected chi connectivity index (χ3v) is 5.82. The number of benzene rings is 2.